The summed E-state index contributed by atoms with van der Waals surface area (Å²) in [4.78, 5) is 16.3. The highest BCUT2D eigenvalue weighted by Gasteiger charge is 2.21. The SMILES string of the molecule is Cc1ccccc1OCC(=O)NCCn1nc(-c2ccncc2)c2c1CCCC2. The van der Waals surface area contributed by atoms with E-state index in [1.54, 1.807) is 12.4 Å². The van der Waals surface area contributed by atoms with Gasteiger partial charge in [0.2, 0.25) is 0 Å². The van der Waals surface area contributed by atoms with E-state index in [4.69, 9.17) is 9.84 Å². The Balaban J connectivity index is 1.37. The number of para-hydroxylation sites is 1. The summed E-state index contributed by atoms with van der Waals surface area (Å²) in [5, 5.41) is 7.81. The fourth-order valence-electron chi connectivity index (χ4n) is 3.81. The third-order valence-electron chi connectivity index (χ3n) is 5.31. The van der Waals surface area contributed by atoms with E-state index in [0.717, 1.165) is 35.4 Å². The monoisotopic (exact) mass is 390 g/mol. The molecule has 1 amide bonds. The number of aromatic nitrogens is 3. The molecule has 0 saturated heterocycles. The average molecular weight is 390 g/mol. The number of benzene rings is 1. The second-order valence-corrected chi connectivity index (χ2v) is 7.34. The Bertz CT molecular complexity index is 982. The third kappa shape index (κ3) is 4.47. The number of ether oxygens (including phenoxy) is 1. The maximum atomic E-state index is 12.2. The number of rotatable bonds is 7. The fraction of sp³-hybridized carbons (Fsp3) is 0.348. The van der Waals surface area contributed by atoms with E-state index >= 15 is 0 Å². The van der Waals surface area contributed by atoms with Gasteiger partial charge in [-0.05, 0) is 56.4 Å². The number of fused-ring (bicyclic) bond motifs is 1. The van der Waals surface area contributed by atoms with E-state index in [1.165, 1.54) is 24.1 Å². The molecule has 0 spiro atoms. The maximum absolute atomic E-state index is 12.2. The first-order chi connectivity index (χ1) is 14.2. The molecule has 6 nitrogen and oxygen atoms in total. The molecule has 0 fully saturated rings. The highest BCUT2D eigenvalue weighted by Crippen LogP contribution is 2.30. The lowest BCUT2D eigenvalue weighted by molar-refractivity contribution is -0.123. The Morgan fingerprint density at radius 1 is 1.14 bits per heavy atom. The van der Waals surface area contributed by atoms with E-state index in [-0.39, 0.29) is 12.5 Å². The molecule has 3 aromatic rings. The van der Waals surface area contributed by atoms with Crippen LogP contribution in [0.4, 0.5) is 0 Å². The molecule has 4 rings (SSSR count). The van der Waals surface area contributed by atoms with Crippen LogP contribution in [0, 0.1) is 6.92 Å². The summed E-state index contributed by atoms with van der Waals surface area (Å²) in [5.41, 5.74) is 5.82. The van der Waals surface area contributed by atoms with Gasteiger partial charge in [0.15, 0.2) is 6.61 Å². The zero-order chi connectivity index (χ0) is 20.1. The molecule has 1 aliphatic rings. The van der Waals surface area contributed by atoms with E-state index in [0.29, 0.717) is 13.1 Å². The van der Waals surface area contributed by atoms with Crippen LogP contribution in [-0.2, 0) is 24.2 Å². The average Bonchev–Trinajstić information content (AvgIpc) is 3.13. The van der Waals surface area contributed by atoms with Crippen molar-refractivity contribution >= 4 is 5.91 Å². The lowest BCUT2D eigenvalue weighted by atomic mass is 9.94. The second-order valence-electron chi connectivity index (χ2n) is 7.34. The van der Waals surface area contributed by atoms with Gasteiger partial charge in [-0.3, -0.25) is 14.5 Å². The number of carbonyl (C=O) groups excluding carboxylic acids is 1. The Hall–Kier alpha value is -3.15. The van der Waals surface area contributed by atoms with Crippen LogP contribution >= 0.6 is 0 Å². The first-order valence-electron chi connectivity index (χ1n) is 10.2. The van der Waals surface area contributed by atoms with Crippen molar-refractivity contribution in [1.29, 1.82) is 0 Å². The zero-order valence-corrected chi connectivity index (χ0v) is 16.7. The first-order valence-corrected chi connectivity index (χ1v) is 10.2. The summed E-state index contributed by atoms with van der Waals surface area (Å²) in [6.07, 6.45) is 8.09. The Morgan fingerprint density at radius 3 is 2.76 bits per heavy atom. The largest absolute Gasteiger partial charge is 0.484 e. The number of hydrogen-bond donors (Lipinski definition) is 1. The molecule has 2 aromatic heterocycles. The minimum atomic E-state index is -0.122. The van der Waals surface area contributed by atoms with Crippen molar-refractivity contribution in [3.05, 3.63) is 65.6 Å². The van der Waals surface area contributed by atoms with Gasteiger partial charge in [-0.25, -0.2) is 0 Å². The van der Waals surface area contributed by atoms with Gasteiger partial charge in [0.25, 0.3) is 5.91 Å². The molecular weight excluding hydrogens is 364 g/mol. The minimum Gasteiger partial charge on any atom is -0.484 e. The number of pyridine rings is 1. The Morgan fingerprint density at radius 2 is 1.93 bits per heavy atom. The van der Waals surface area contributed by atoms with Crippen molar-refractivity contribution < 1.29 is 9.53 Å². The smallest absolute Gasteiger partial charge is 0.258 e. The number of nitrogens with zero attached hydrogens (tertiary/aromatic N) is 3. The lowest BCUT2D eigenvalue weighted by Crippen LogP contribution is -2.32. The van der Waals surface area contributed by atoms with Gasteiger partial charge in [-0.15, -0.1) is 0 Å². The van der Waals surface area contributed by atoms with E-state index in [1.807, 2.05) is 43.3 Å². The van der Waals surface area contributed by atoms with Crippen LogP contribution in [0.25, 0.3) is 11.3 Å². The van der Waals surface area contributed by atoms with Crippen molar-refractivity contribution in [3.63, 3.8) is 0 Å². The standard InChI is InChI=1S/C23H26N4O2/c1-17-6-2-5-9-21(17)29-16-22(28)25-14-15-27-20-8-4-3-7-19(20)23(26-27)18-10-12-24-13-11-18/h2,5-6,9-13H,3-4,7-8,14-16H2,1H3,(H,25,28). The number of aryl methyl sites for hydroxylation is 1. The predicted octanol–water partition coefficient (Wildman–Crippen LogP) is 3.33. The van der Waals surface area contributed by atoms with Crippen LogP contribution in [0.3, 0.4) is 0 Å². The topological polar surface area (TPSA) is 69.0 Å². The lowest BCUT2D eigenvalue weighted by Gasteiger charge is -2.14. The van der Waals surface area contributed by atoms with Crippen molar-refractivity contribution in [3.8, 4) is 17.0 Å². The van der Waals surface area contributed by atoms with Crippen LogP contribution in [-0.4, -0.2) is 33.8 Å². The number of carbonyl (C=O) groups is 1. The molecule has 29 heavy (non-hydrogen) atoms. The third-order valence-corrected chi connectivity index (χ3v) is 5.31. The zero-order valence-electron chi connectivity index (χ0n) is 16.7. The van der Waals surface area contributed by atoms with Crippen LogP contribution in [0.1, 0.15) is 29.7 Å². The second kappa shape index (κ2) is 8.90. The Labute approximate surface area is 170 Å². The molecular formula is C23H26N4O2. The molecule has 0 aliphatic heterocycles. The molecule has 0 bridgehead atoms. The molecule has 0 atom stereocenters. The Kier molecular flexibility index (Phi) is 5.89. The van der Waals surface area contributed by atoms with Gasteiger partial charge in [0.05, 0.1) is 12.2 Å². The van der Waals surface area contributed by atoms with Crippen molar-refractivity contribution in [2.24, 2.45) is 0 Å². The summed E-state index contributed by atoms with van der Waals surface area (Å²) >= 11 is 0. The van der Waals surface area contributed by atoms with Crippen LogP contribution in [0.15, 0.2) is 48.8 Å². The highest BCUT2D eigenvalue weighted by atomic mass is 16.5. The van der Waals surface area contributed by atoms with Gasteiger partial charge in [-0.2, -0.15) is 5.10 Å². The summed E-state index contributed by atoms with van der Waals surface area (Å²) in [5.74, 6) is 0.620. The number of hydrogen-bond acceptors (Lipinski definition) is 4. The molecule has 0 radical (unpaired) electrons. The van der Waals surface area contributed by atoms with Gasteiger partial charge in [0.1, 0.15) is 5.75 Å². The minimum absolute atomic E-state index is 0.0182. The molecule has 1 N–H and O–H groups in total. The summed E-state index contributed by atoms with van der Waals surface area (Å²) < 4.78 is 7.68. The van der Waals surface area contributed by atoms with E-state index in [2.05, 4.69) is 15.0 Å². The normalized spacial score (nSPS) is 13.0. The summed E-state index contributed by atoms with van der Waals surface area (Å²) in [6.45, 7) is 3.17. The molecule has 0 saturated carbocycles. The number of nitrogens with one attached hydrogen (secondary N) is 1. The molecule has 150 valence electrons. The predicted molar refractivity (Wildman–Crippen MR) is 112 cm³/mol. The van der Waals surface area contributed by atoms with E-state index < -0.39 is 0 Å². The summed E-state index contributed by atoms with van der Waals surface area (Å²) in [6, 6.07) is 11.7. The van der Waals surface area contributed by atoms with Gasteiger partial charge in [-0.1, -0.05) is 18.2 Å². The summed E-state index contributed by atoms with van der Waals surface area (Å²) in [7, 11) is 0. The molecule has 1 aliphatic carbocycles. The molecule has 0 unspecified atom stereocenters. The van der Waals surface area contributed by atoms with Crippen molar-refractivity contribution in [2.45, 2.75) is 39.2 Å². The molecule has 1 aromatic carbocycles. The van der Waals surface area contributed by atoms with E-state index in [9.17, 15) is 4.79 Å². The first kappa shape index (κ1) is 19.2. The van der Waals surface area contributed by atoms with Crippen LogP contribution in [0.5, 0.6) is 5.75 Å². The van der Waals surface area contributed by atoms with Crippen LogP contribution in [0.2, 0.25) is 0 Å². The van der Waals surface area contributed by atoms with Gasteiger partial charge >= 0.3 is 0 Å². The highest BCUT2D eigenvalue weighted by molar-refractivity contribution is 5.77. The molecule has 6 heteroatoms. The van der Waals surface area contributed by atoms with Crippen LogP contribution < -0.4 is 10.1 Å². The fourth-order valence-corrected chi connectivity index (χ4v) is 3.81. The van der Waals surface area contributed by atoms with Gasteiger partial charge in [0, 0.05) is 35.8 Å². The van der Waals surface area contributed by atoms with Crippen molar-refractivity contribution in [1.82, 2.24) is 20.1 Å². The quantitative estimate of drug-likeness (QED) is 0.672. The van der Waals surface area contributed by atoms with Crippen molar-refractivity contribution in [2.75, 3.05) is 13.2 Å². The number of amides is 1. The van der Waals surface area contributed by atoms with Gasteiger partial charge < -0.3 is 10.1 Å². The maximum Gasteiger partial charge on any atom is 0.258 e. The molecule has 2 heterocycles.